The Bertz CT molecular complexity index is 698. The van der Waals surface area contributed by atoms with E-state index in [2.05, 4.69) is 0 Å². The van der Waals surface area contributed by atoms with Gasteiger partial charge in [0, 0.05) is 19.2 Å². The van der Waals surface area contributed by atoms with Gasteiger partial charge in [-0.3, -0.25) is 9.10 Å². The minimum atomic E-state index is -3.70. The van der Waals surface area contributed by atoms with E-state index in [0.717, 1.165) is 23.4 Å². The van der Waals surface area contributed by atoms with Crippen LogP contribution in [0.4, 0.5) is 5.69 Å². The van der Waals surface area contributed by atoms with Crippen molar-refractivity contribution in [2.24, 2.45) is 0 Å². The van der Waals surface area contributed by atoms with Gasteiger partial charge in [-0.2, -0.15) is 0 Å². The van der Waals surface area contributed by atoms with Crippen molar-refractivity contribution >= 4 is 21.6 Å². The van der Waals surface area contributed by atoms with Gasteiger partial charge < -0.3 is 14.4 Å². The molecule has 0 radical (unpaired) electrons. The highest BCUT2D eigenvalue weighted by Crippen LogP contribution is 2.35. The van der Waals surface area contributed by atoms with Crippen LogP contribution >= 0.6 is 0 Å². The number of sulfonamides is 1. The quantitative estimate of drug-likeness (QED) is 0.772. The zero-order chi connectivity index (χ0) is 17.9. The SMILES string of the molecule is COc1ccc(OC)c(N(C(C)C(=O)N2CCCC2)S(C)(=O)=O)c1. The van der Waals surface area contributed by atoms with Crippen molar-refractivity contribution < 1.29 is 22.7 Å². The van der Waals surface area contributed by atoms with Crippen LogP contribution in [0, 0.1) is 0 Å². The molecular weight excluding hydrogens is 332 g/mol. The second-order valence-corrected chi connectivity index (χ2v) is 7.66. The highest BCUT2D eigenvalue weighted by Gasteiger charge is 2.34. The second-order valence-electron chi connectivity index (χ2n) is 5.80. The third-order valence-corrected chi connectivity index (χ3v) is 5.34. The van der Waals surface area contributed by atoms with Crippen molar-refractivity contribution in [1.82, 2.24) is 4.90 Å². The lowest BCUT2D eigenvalue weighted by atomic mass is 10.2. The maximum Gasteiger partial charge on any atom is 0.246 e. The Kier molecular flexibility index (Phi) is 5.58. The number of hydrogen-bond acceptors (Lipinski definition) is 5. The average molecular weight is 356 g/mol. The first-order valence-electron chi connectivity index (χ1n) is 7.79. The van der Waals surface area contributed by atoms with Crippen LogP contribution < -0.4 is 13.8 Å². The van der Waals surface area contributed by atoms with Crippen molar-refractivity contribution in [2.75, 3.05) is 37.9 Å². The molecular formula is C16H24N2O5S. The van der Waals surface area contributed by atoms with E-state index < -0.39 is 16.1 Å². The van der Waals surface area contributed by atoms with Gasteiger partial charge in [0.2, 0.25) is 15.9 Å². The first-order valence-corrected chi connectivity index (χ1v) is 9.64. The Hall–Kier alpha value is -1.96. The van der Waals surface area contributed by atoms with Gasteiger partial charge in [0.05, 0.1) is 26.2 Å². The molecule has 1 atom stereocenters. The normalized spacial score (nSPS) is 15.9. The first-order chi connectivity index (χ1) is 11.3. The van der Waals surface area contributed by atoms with Crippen molar-refractivity contribution in [3.63, 3.8) is 0 Å². The monoisotopic (exact) mass is 356 g/mol. The molecule has 24 heavy (non-hydrogen) atoms. The topological polar surface area (TPSA) is 76.2 Å². The molecule has 134 valence electrons. The fourth-order valence-corrected chi connectivity index (χ4v) is 4.11. The molecule has 1 aliphatic heterocycles. The third kappa shape index (κ3) is 3.75. The van der Waals surface area contributed by atoms with Crippen molar-refractivity contribution in [3.05, 3.63) is 18.2 Å². The number of carbonyl (C=O) groups excluding carboxylic acids is 1. The van der Waals surface area contributed by atoms with Crippen molar-refractivity contribution in [2.45, 2.75) is 25.8 Å². The lowest BCUT2D eigenvalue weighted by Crippen LogP contribution is -2.48. The van der Waals surface area contributed by atoms with Crippen LogP contribution in [0.25, 0.3) is 0 Å². The van der Waals surface area contributed by atoms with E-state index in [0.29, 0.717) is 30.3 Å². The lowest BCUT2D eigenvalue weighted by molar-refractivity contribution is -0.130. The fourth-order valence-electron chi connectivity index (χ4n) is 2.95. The summed E-state index contributed by atoms with van der Waals surface area (Å²) in [6.45, 7) is 2.92. The average Bonchev–Trinajstić information content (AvgIpc) is 3.07. The van der Waals surface area contributed by atoms with Crippen LogP contribution in [-0.4, -0.2) is 58.8 Å². The summed E-state index contributed by atoms with van der Waals surface area (Å²) in [7, 11) is -0.747. The van der Waals surface area contributed by atoms with Gasteiger partial charge in [-0.25, -0.2) is 8.42 Å². The number of amides is 1. The van der Waals surface area contributed by atoms with Gasteiger partial charge in [0.25, 0.3) is 0 Å². The van der Waals surface area contributed by atoms with E-state index in [1.54, 1.807) is 30.0 Å². The van der Waals surface area contributed by atoms with Crippen LogP contribution in [-0.2, 0) is 14.8 Å². The highest BCUT2D eigenvalue weighted by molar-refractivity contribution is 7.92. The maximum absolute atomic E-state index is 12.7. The van der Waals surface area contributed by atoms with Gasteiger partial charge >= 0.3 is 0 Å². The Morgan fingerprint density at radius 3 is 2.33 bits per heavy atom. The Morgan fingerprint density at radius 1 is 1.21 bits per heavy atom. The van der Waals surface area contributed by atoms with Crippen molar-refractivity contribution in [1.29, 1.82) is 0 Å². The molecule has 0 spiro atoms. The van der Waals surface area contributed by atoms with Gasteiger partial charge in [-0.05, 0) is 31.9 Å². The maximum atomic E-state index is 12.7. The number of likely N-dealkylation sites (tertiary alicyclic amines) is 1. The van der Waals surface area contributed by atoms with Gasteiger partial charge in [0.1, 0.15) is 17.5 Å². The fraction of sp³-hybridized carbons (Fsp3) is 0.562. The molecule has 1 heterocycles. The molecule has 1 unspecified atom stereocenters. The predicted octanol–water partition coefficient (Wildman–Crippen LogP) is 1.48. The molecule has 1 saturated heterocycles. The molecule has 2 rings (SSSR count). The number of ether oxygens (including phenoxy) is 2. The minimum absolute atomic E-state index is 0.206. The molecule has 0 N–H and O–H groups in total. The van der Waals surface area contributed by atoms with E-state index in [1.807, 2.05) is 0 Å². The van der Waals surface area contributed by atoms with Gasteiger partial charge in [-0.15, -0.1) is 0 Å². The van der Waals surface area contributed by atoms with Gasteiger partial charge in [0.15, 0.2) is 0 Å². The largest absolute Gasteiger partial charge is 0.497 e. The summed E-state index contributed by atoms with van der Waals surface area (Å²) in [4.78, 5) is 14.4. The summed E-state index contributed by atoms with van der Waals surface area (Å²) >= 11 is 0. The summed E-state index contributed by atoms with van der Waals surface area (Å²) in [5.41, 5.74) is 0.291. The lowest BCUT2D eigenvalue weighted by Gasteiger charge is -2.32. The molecule has 1 aromatic rings. The summed E-state index contributed by atoms with van der Waals surface area (Å²) < 4.78 is 36.4. The standard InChI is InChI=1S/C16H24N2O5S/c1-12(16(19)17-9-5-6-10-17)18(24(4,20)21)14-11-13(22-2)7-8-15(14)23-3/h7-8,11-12H,5-6,9-10H2,1-4H3. The summed E-state index contributed by atoms with van der Waals surface area (Å²) in [6.07, 6.45) is 2.97. The molecule has 0 aliphatic carbocycles. The van der Waals surface area contributed by atoms with Crippen LogP contribution in [0.1, 0.15) is 19.8 Å². The predicted molar refractivity (Wildman–Crippen MR) is 92.1 cm³/mol. The van der Waals surface area contributed by atoms with E-state index in [-0.39, 0.29) is 5.91 Å². The highest BCUT2D eigenvalue weighted by atomic mass is 32.2. The zero-order valence-electron chi connectivity index (χ0n) is 14.5. The Labute approximate surface area is 143 Å². The van der Waals surface area contributed by atoms with Crippen LogP contribution in [0.5, 0.6) is 11.5 Å². The molecule has 0 saturated carbocycles. The molecule has 8 heteroatoms. The van der Waals surface area contributed by atoms with E-state index >= 15 is 0 Å². The van der Waals surface area contributed by atoms with Crippen LogP contribution in [0.15, 0.2) is 18.2 Å². The molecule has 1 aliphatic rings. The van der Waals surface area contributed by atoms with Gasteiger partial charge in [-0.1, -0.05) is 0 Å². The zero-order valence-corrected chi connectivity index (χ0v) is 15.3. The van der Waals surface area contributed by atoms with E-state index in [9.17, 15) is 13.2 Å². The third-order valence-electron chi connectivity index (χ3n) is 4.11. The molecule has 1 fully saturated rings. The number of hydrogen-bond donors (Lipinski definition) is 0. The minimum Gasteiger partial charge on any atom is -0.497 e. The molecule has 7 nitrogen and oxygen atoms in total. The molecule has 0 bridgehead atoms. The number of nitrogens with zero attached hydrogens (tertiary/aromatic N) is 2. The van der Waals surface area contributed by atoms with Crippen molar-refractivity contribution in [3.8, 4) is 11.5 Å². The summed E-state index contributed by atoms with van der Waals surface area (Å²) in [5.74, 6) is 0.644. The number of benzene rings is 1. The van der Waals surface area contributed by atoms with Crippen LogP contribution in [0.3, 0.4) is 0 Å². The number of carbonyl (C=O) groups is 1. The summed E-state index contributed by atoms with van der Waals surface area (Å²) in [6, 6.07) is 4.00. The smallest absolute Gasteiger partial charge is 0.246 e. The second kappa shape index (κ2) is 7.29. The van der Waals surface area contributed by atoms with Crippen LogP contribution in [0.2, 0.25) is 0 Å². The number of anilines is 1. The Morgan fingerprint density at radius 2 is 1.83 bits per heavy atom. The number of methoxy groups -OCH3 is 2. The Balaban J connectivity index is 2.47. The number of rotatable bonds is 6. The molecule has 1 aromatic carbocycles. The summed E-state index contributed by atoms with van der Waals surface area (Å²) in [5, 5.41) is 0. The molecule has 0 aromatic heterocycles. The molecule has 1 amide bonds. The van der Waals surface area contributed by atoms with E-state index in [4.69, 9.17) is 9.47 Å². The van der Waals surface area contributed by atoms with E-state index in [1.165, 1.54) is 14.2 Å². The first kappa shape index (κ1) is 18.4.